The lowest BCUT2D eigenvalue weighted by Gasteiger charge is -2.19. The van der Waals surface area contributed by atoms with Crippen molar-refractivity contribution in [3.05, 3.63) is 117 Å². The fraction of sp³-hybridized carbons (Fsp3) is 0.412. The summed E-state index contributed by atoms with van der Waals surface area (Å²) in [7, 11) is 0. The fourth-order valence-corrected chi connectivity index (χ4v) is 6.58. The molecule has 2 aliphatic rings. The zero-order chi connectivity index (χ0) is 46.9. The van der Waals surface area contributed by atoms with Gasteiger partial charge in [-0.05, 0) is 139 Å². The molecule has 0 atom stereocenters. The smallest absolute Gasteiger partial charge is 0.336 e. The Bertz CT molecular complexity index is 2400. The first kappa shape index (κ1) is 48.7. The Hall–Kier alpha value is -6.34. The van der Waals surface area contributed by atoms with E-state index in [9.17, 15) is 33.9 Å². The Kier molecular flexibility index (Phi) is 15.9. The third-order valence-electron chi connectivity index (χ3n) is 10.6. The Balaban J connectivity index is 0.000000243. The summed E-state index contributed by atoms with van der Waals surface area (Å²) in [5.74, 6) is -2.30. The molecule has 0 aliphatic heterocycles. The number of carbonyl (C=O) groups is 6. The van der Waals surface area contributed by atoms with Gasteiger partial charge in [0.1, 0.15) is 0 Å². The maximum Gasteiger partial charge on any atom is 0.336 e. The number of hydrogen-bond acceptors (Lipinski definition) is 7. The first-order valence-corrected chi connectivity index (χ1v) is 21.9. The Labute approximate surface area is 376 Å². The highest BCUT2D eigenvalue weighted by molar-refractivity contribution is 6.06. The molecule has 0 spiro atoms. The SMILES string of the molecule is Cc1ccc(C(=O)NC2CC2)cc1-c1ccc(C(=O)NCC(C)(C)C)cc1C(=O)NCCCO.Cc1ccc(C(=O)NC2CC2)cc1-c1ccc(C(=O)NCC(C)(C)C)cc1C(=O)O. The van der Waals surface area contributed by atoms with Gasteiger partial charge in [-0.2, -0.15) is 0 Å². The van der Waals surface area contributed by atoms with Crippen LogP contribution in [0.1, 0.15) is 147 Å². The molecule has 2 aliphatic carbocycles. The standard InChI is InChI=1S/C27H35N3O4.C24H28N2O4/c1-17-6-7-19(25(33)30-20-9-10-20)14-22(17)21-11-8-18(24(32)29-16-27(2,3)4)15-23(21)26(34)28-12-5-13-31;1-14-5-6-16(22(28)26-17-8-9-17)11-19(14)18-10-7-15(12-20(18)23(29)30)21(27)25-13-24(2,3)4/h6-8,11,14-15,20,31H,5,9-10,12-13,16H2,1-4H3,(H,28,34)(H,29,32)(H,30,33);5-7,10-12,17H,8-9,13H2,1-4H3,(H,25,27)(H,26,28)(H,29,30). The van der Waals surface area contributed by atoms with Gasteiger partial charge in [-0.15, -0.1) is 0 Å². The van der Waals surface area contributed by atoms with Gasteiger partial charge < -0.3 is 36.8 Å². The number of rotatable bonds is 15. The maximum atomic E-state index is 13.1. The number of nitrogens with one attached hydrogen (secondary N) is 5. The van der Waals surface area contributed by atoms with Crippen molar-refractivity contribution in [2.24, 2.45) is 10.8 Å². The quantitative estimate of drug-likeness (QED) is 0.0596. The summed E-state index contributed by atoms with van der Waals surface area (Å²) in [4.78, 5) is 75.3. The fourth-order valence-electron chi connectivity index (χ4n) is 6.58. The molecule has 13 nitrogen and oxygen atoms in total. The van der Waals surface area contributed by atoms with Crippen LogP contribution in [-0.2, 0) is 0 Å². The molecule has 0 heterocycles. The third-order valence-corrected chi connectivity index (χ3v) is 10.6. The van der Waals surface area contributed by atoms with Gasteiger partial charge >= 0.3 is 5.97 Å². The number of carboxylic acids is 1. The first-order valence-electron chi connectivity index (χ1n) is 21.9. The summed E-state index contributed by atoms with van der Waals surface area (Å²) in [5, 5.41) is 33.4. The van der Waals surface area contributed by atoms with Gasteiger partial charge in [0.25, 0.3) is 29.5 Å². The number of carboxylic acid groups (broad SMARTS) is 1. The molecule has 2 saturated carbocycles. The molecule has 0 radical (unpaired) electrons. The van der Waals surface area contributed by atoms with E-state index in [1.165, 1.54) is 6.07 Å². The summed E-state index contributed by atoms with van der Waals surface area (Å²) >= 11 is 0. The summed E-state index contributed by atoms with van der Waals surface area (Å²) < 4.78 is 0. The van der Waals surface area contributed by atoms with Crippen molar-refractivity contribution in [1.82, 2.24) is 26.6 Å². The van der Waals surface area contributed by atoms with Crippen molar-refractivity contribution in [3.8, 4) is 22.3 Å². The van der Waals surface area contributed by atoms with Crippen LogP contribution in [0.15, 0.2) is 72.8 Å². The van der Waals surface area contributed by atoms with Crippen molar-refractivity contribution in [2.45, 2.75) is 99.6 Å². The zero-order valence-corrected chi connectivity index (χ0v) is 38.3. The number of aryl methyl sites for hydroxylation is 2. The monoisotopic (exact) mass is 873 g/mol. The second kappa shape index (κ2) is 20.9. The van der Waals surface area contributed by atoms with Crippen LogP contribution in [0, 0.1) is 24.7 Å². The molecule has 0 bridgehead atoms. The second-order valence-corrected chi connectivity index (χ2v) is 19.2. The molecule has 4 aromatic carbocycles. The predicted octanol–water partition coefficient (Wildman–Crippen LogP) is 7.47. The molecule has 340 valence electrons. The van der Waals surface area contributed by atoms with Gasteiger partial charge in [0, 0.05) is 66.1 Å². The van der Waals surface area contributed by atoms with Crippen molar-refractivity contribution < 1.29 is 39.0 Å². The predicted molar refractivity (Wildman–Crippen MR) is 249 cm³/mol. The lowest BCUT2D eigenvalue weighted by molar-refractivity contribution is 0.0696. The Morgan fingerprint density at radius 3 is 1.30 bits per heavy atom. The number of aliphatic hydroxyl groups is 1. The second-order valence-electron chi connectivity index (χ2n) is 19.2. The van der Waals surface area contributed by atoms with Crippen LogP contribution in [0.25, 0.3) is 22.3 Å². The average molecular weight is 874 g/mol. The minimum atomic E-state index is -1.12. The lowest BCUT2D eigenvalue weighted by Crippen LogP contribution is -2.32. The molecule has 6 rings (SSSR count). The van der Waals surface area contributed by atoms with Crippen LogP contribution in [0.4, 0.5) is 0 Å². The van der Waals surface area contributed by atoms with Crippen LogP contribution in [0.5, 0.6) is 0 Å². The van der Waals surface area contributed by atoms with Crippen molar-refractivity contribution in [3.63, 3.8) is 0 Å². The summed E-state index contributed by atoms with van der Waals surface area (Å²) in [6.07, 6.45) is 4.42. The van der Waals surface area contributed by atoms with E-state index in [1.807, 2.05) is 67.5 Å². The van der Waals surface area contributed by atoms with Gasteiger partial charge in [-0.25, -0.2) is 4.79 Å². The van der Waals surface area contributed by atoms with Gasteiger partial charge in [-0.1, -0.05) is 65.8 Å². The van der Waals surface area contributed by atoms with Crippen LogP contribution in [0.2, 0.25) is 0 Å². The largest absolute Gasteiger partial charge is 0.478 e. The normalized spacial score (nSPS) is 13.5. The van der Waals surface area contributed by atoms with Crippen LogP contribution < -0.4 is 26.6 Å². The van der Waals surface area contributed by atoms with Gasteiger partial charge in [0.15, 0.2) is 0 Å². The van der Waals surface area contributed by atoms with Gasteiger partial charge in [-0.3, -0.25) is 24.0 Å². The number of carbonyl (C=O) groups excluding carboxylic acids is 5. The number of amides is 5. The Morgan fingerprint density at radius 2 is 0.906 bits per heavy atom. The molecule has 0 unspecified atom stereocenters. The molecule has 2 fully saturated rings. The molecule has 7 N–H and O–H groups in total. The number of hydrogen-bond donors (Lipinski definition) is 7. The van der Waals surface area contributed by atoms with E-state index < -0.39 is 5.97 Å². The highest BCUT2D eigenvalue weighted by Gasteiger charge is 2.26. The van der Waals surface area contributed by atoms with Gasteiger partial charge in [0.2, 0.25) is 0 Å². The highest BCUT2D eigenvalue weighted by Crippen LogP contribution is 2.32. The van der Waals surface area contributed by atoms with E-state index in [0.29, 0.717) is 70.6 Å². The topological polar surface area (TPSA) is 203 Å². The van der Waals surface area contributed by atoms with E-state index in [0.717, 1.165) is 42.4 Å². The van der Waals surface area contributed by atoms with Crippen molar-refractivity contribution >= 4 is 35.5 Å². The minimum Gasteiger partial charge on any atom is -0.478 e. The lowest BCUT2D eigenvalue weighted by atomic mass is 9.92. The summed E-state index contributed by atoms with van der Waals surface area (Å²) in [6, 6.07) is 20.9. The highest BCUT2D eigenvalue weighted by atomic mass is 16.4. The molecule has 13 heteroatoms. The van der Waals surface area contributed by atoms with Gasteiger partial charge in [0.05, 0.1) is 5.56 Å². The molecule has 64 heavy (non-hydrogen) atoms. The van der Waals surface area contributed by atoms with Crippen LogP contribution in [-0.4, -0.2) is 84.0 Å². The average Bonchev–Trinajstić information content (AvgIpc) is 4.20. The summed E-state index contributed by atoms with van der Waals surface area (Å²) in [6.45, 7) is 17.2. The molecular formula is C51H63N5O8. The molecule has 5 amide bonds. The van der Waals surface area contributed by atoms with E-state index in [-0.39, 0.29) is 64.6 Å². The third kappa shape index (κ3) is 14.1. The van der Waals surface area contributed by atoms with E-state index in [2.05, 4.69) is 26.6 Å². The maximum absolute atomic E-state index is 13.1. The summed E-state index contributed by atoms with van der Waals surface area (Å²) in [5.41, 5.74) is 6.25. The van der Waals surface area contributed by atoms with Crippen molar-refractivity contribution in [2.75, 3.05) is 26.2 Å². The zero-order valence-electron chi connectivity index (χ0n) is 38.3. The van der Waals surface area contributed by atoms with E-state index in [1.54, 1.807) is 54.6 Å². The first-order chi connectivity index (χ1) is 30.1. The molecule has 4 aromatic rings. The van der Waals surface area contributed by atoms with Crippen LogP contribution in [0.3, 0.4) is 0 Å². The number of benzene rings is 4. The number of aromatic carboxylic acids is 1. The van der Waals surface area contributed by atoms with Crippen LogP contribution >= 0.6 is 0 Å². The van der Waals surface area contributed by atoms with Crippen molar-refractivity contribution in [1.29, 1.82) is 0 Å². The molecular weight excluding hydrogens is 811 g/mol. The minimum absolute atomic E-state index is 0.0281. The molecule has 0 aromatic heterocycles. The Morgan fingerprint density at radius 1 is 0.516 bits per heavy atom. The molecule has 0 saturated heterocycles. The van der Waals surface area contributed by atoms with E-state index >= 15 is 0 Å². The number of aliphatic hydroxyl groups excluding tert-OH is 1. The van der Waals surface area contributed by atoms with E-state index in [4.69, 9.17) is 5.11 Å².